The molecule has 1 spiro atoms. The predicted molar refractivity (Wildman–Crippen MR) is 455 cm³/mol. The summed E-state index contributed by atoms with van der Waals surface area (Å²) in [5.41, 5.74) is 36.9. The Morgan fingerprint density at radius 3 is 0.869 bits per heavy atom. The molecule has 4 aliphatic heterocycles. The maximum Gasteiger partial charge on any atom is 0.243 e. The second-order valence-electron chi connectivity index (χ2n) is 27.9. The maximum atomic E-state index is 12.6. The normalized spacial score (nSPS) is 13.3. The molecule has 0 fully saturated rings. The van der Waals surface area contributed by atoms with E-state index in [-0.39, 0.29) is 5.41 Å². The third-order valence-electron chi connectivity index (χ3n) is 21.5. The number of aryl methyl sites for hydroxylation is 3. The van der Waals surface area contributed by atoms with Gasteiger partial charge in [0.25, 0.3) is 0 Å². The van der Waals surface area contributed by atoms with Crippen molar-refractivity contribution < 1.29 is 13.0 Å². The van der Waals surface area contributed by atoms with E-state index in [9.17, 15) is 13.0 Å². The molecule has 0 N–H and O–H groups in total. The molecule has 0 aromatic heterocycles. The molecule has 0 atom stereocenters. The molecular formula is C101H96BO3PS. The molecule has 4 heterocycles. The Morgan fingerprint density at radius 1 is 0.271 bits per heavy atom. The summed E-state index contributed by atoms with van der Waals surface area (Å²) in [5, 5.41) is 1.83. The van der Waals surface area contributed by atoms with Crippen molar-refractivity contribution in [3.63, 3.8) is 0 Å². The molecule has 0 bridgehead atoms. The highest BCUT2D eigenvalue weighted by atomic mass is 32.2. The van der Waals surface area contributed by atoms with E-state index in [4.69, 9.17) is 0 Å². The summed E-state index contributed by atoms with van der Waals surface area (Å²) in [5.74, 6) is 0. The summed E-state index contributed by atoms with van der Waals surface area (Å²) in [6, 6.07) is 114. The first-order valence-electron chi connectivity index (χ1n) is 38.3. The first-order chi connectivity index (χ1) is 52.3. The van der Waals surface area contributed by atoms with E-state index in [0.29, 0.717) is 22.9 Å². The summed E-state index contributed by atoms with van der Waals surface area (Å²) in [6.07, 6.45) is 6.15. The highest BCUT2D eigenvalue weighted by molar-refractivity contribution is 7.91. The van der Waals surface area contributed by atoms with Crippen molar-refractivity contribution in [2.45, 2.75) is 116 Å². The van der Waals surface area contributed by atoms with Crippen molar-refractivity contribution in [1.82, 2.24) is 0 Å². The molecule has 0 amide bonds. The molecule has 6 heteroatoms. The van der Waals surface area contributed by atoms with Gasteiger partial charge >= 0.3 is 0 Å². The van der Waals surface area contributed by atoms with Crippen LogP contribution in [-0.2, 0) is 58.3 Å². The quantitative estimate of drug-likeness (QED) is 0.128. The van der Waals surface area contributed by atoms with Gasteiger partial charge in [0.1, 0.15) is 7.14 Å². The van der Waals surface area contributed by atoms with Gasteiger partial charge in [-0.15, -0.1) is 0 Å². The highest BCUT2D eigenvalue weighted by Crippen LogP contribution is 2.59. The highest BCUT2D eigenvalue weighted by Gasteiger charge is 2.49. The SMILES string of the molecule is CC.CC.CC.CP(=O)(c1ccccc1)c1ccccc1.Cc1cc(C)cc(C)c1.O=S1(=O)c2ccccc2Cc2ccccc21.c1cc2c3c(c1)Cc1cccc4c1B3c1c(cccc1C4)C2.c1ccc2c(c1)Cc1ccccc1-2.c1ccc2c(c1)Cc1ccccc1C21c2ccccc2-c2ccccc21. The summed E-state index contributed by atoms with van der Waals surface area (Å²) < 4.78 is 37.2. The summed E-state index contributed by atoms with van der Waals surface area (Å²) in [7, 11) is -5.70. The lowest BCUT2D eigenvalue weighted by atomic mass is 9.28. The lowest BCUT2D eigenvalue weighted by Crippen LogP contribution is -2.64. The van der Waals surface area contributed by atoms with Gasteiger partial charge in [-0.1, -0.05) is 390 Å². The minimum atomic E-state index is -3.30. The maximum absolute atomic E-state index is 12.6. The molecule has 0 saturated carbocycles. The smallest absolute Gasteiger partial charge is 0.243 e. The Bertz CT molecular complexity index is 5210. The Balaban J connectivity index is 0.000000115. The van der Waals surface area contributed by atoms with Crippen LogP contribution in [0.3, 0.4) is 0 Å². The molecule has 0 radical (unpaired) electrons. The van der Waals surface area contributed by atoms with E-state index < -0.39 is 17.0 Å². The lowest BCUT2D eigenvalue weighted by Gasteiger charge is -2.40. The van der Waals surface area contributed by atoms with Gasteiger partial charge in [0.2, 0.25) is 16.6 Å². The molecule has 0 saturated heterocycles. The Hall–Kier alpha value is -10.7. The van der Waals surface area contributed by atoms with Crippen LogP contribution < -0.4 is 27.0 Å². The summed E-state index contributed by atoms with van der Waals surface area (Å²) in [4.78, 5) is 0.905. The summed E-state index contributed by atoms with van der Waals surface area (Å²) in [6.45, 7) is 20.7. The standard InChI is InChI=1S/C26H18.C21H15B.C13H10O2S.C13H13OP.C13H10.C9H12.3C2H6/c1-5-13-22-18(9-1)17-19-10-2-6-14-23(19)26(22)24-15-7-3-11-20(24)21-12-4-8-16-25(21)26;1-4-13-10-15-6-2-8-17-12-18-9-3-7-16-11-14(5-1)19(13)22(20(15)17)21(16)18;14-16(15)12-7-3-1-5-10(12)9-11-6-2-4-8-13(11)16;1-15(14,12-8-4-2-5-9-12)13-10-6-3-7-11-13;1-3-7-12-10(5-1)9-11-6-2-4-8-13(11)12;1-7-4-8(2)6-9(3)5-7;3*1-2/h1-16H,17H2;1-9H,10-12H2;1-8H,9H2;2-11H,1H3;1-8H,9H2;4-6H,1-3H3;3*1-2H3. The zero-order valence-electron chi connectivity index (χ0n) is 63.6. The number of rotatable bonds is 2. The fourth-order valence-electron chi connectivity index (χ4n) is 17.3. The number of hydrogen-bond donors (Lipinski definition) is 0. The van der Waals surface area contributed by atoms with E-state index in [1.54, 1.807) is 74.0 Å². The van der Waals surface area contributed by atoms with Gasteiger partial charge in [0, 0.05) is 17.0 Å². The molecule has 0 unspecified atom stereocenters. The fourth-order valence-corrected chi connectivity index (χ4v) is 20.8. The van der Waals surface area contributed by atoms with Crippen molar-refractivity contribution in [1.29, 1.82) is 0 Å². The van der Waals surface area contributed by atoms with E-state index in [2.05, 4.69) is 239 Å². The molecule has 532 valence electrons. The molecule has 3 aliphatic carbocycles. The van der Waals surface area contributed by atoms with E-state index in [1.807, 2.05) is 133 Å². The van der Waals surface area contributed by atoms with Crippen LogP contribution >= 0.6 is 7.14 Å². The minimum Gasteiger partial charge on any atom is -0.314 e. The number of hydrogen-bond acceptors (Lipinski definition) is 3. The summed E-state index contributed by atoms with van der Waals surface area (Å²) >= 11 is 0. The van der Waals surface area contributed by atoms with E-state index in [0.717, 1.165) is 53.8 Å². The Morgan fingerprint density at radius 2 is 0.514 bits per heavy atom. The van der Waals surface area contributed by atoms with Gasteiger partial charge in [-0.3, -0.25) is 0 Å². The van der Waals surface area contributed by atoms with Crippen molar-refractivity contribution in [2.24, 2.45) is 0 Å². The lowest BCUT2D eigenvalue weighted by molar-refractivity contribution is 0.589. The van der Waals surface area contributed by atoms with Crippen molar-refractivity contribution in [3.8, 4) is 22.3 Å². The minimum absolute atomic E-state index is 0.196. The van der Waals surface area contributed by atoms with Crippen LogP contribution in [0, 0.1) is 20.8 Å². The number of benzene rings is 14. The van der Waals surface area contributed by atoms with E-state index in [1.165, 1.54) is 83.5 Å². The van der Waals surface area contributed by atoms with Gasteiger partial charge in [-0.2, -0.15) is 0 Å². The van der Waals surface area contributed by atoms with Gasteiger partial charge in [0.05, 0.1) is 15.2 Å². The molecule has 107 heavy (non-hydrogen) atoms. The largest absolute Gasteiger partial charge is 0.314 e. The second-order valence-corrected chi connectivity index (χ2v) is 32.7. The van der Waals surface area contributed by atoms with Crippen LogP contribution in [0.2, 0.25) is 0 Å². The van der Waals surface area contributed by atoms with Crippen LogP contribution in [0.4, 0.5) is 0 Å². The van der Waals surface area contributed by atoms with Crippen molar-refractivity contribution >= 4 is 50.7 Å². The zero-order chi connectivity index (χ0) is 74.8. The van der Waals surface area contributed by atoms with Gasteiger partial charge in [0.15, 0.2) is 0 Å². The fraction of sp³-hybridized carbons (Fsp3) is 0.168. The predicted octanol–water partition coefficient (Wildman–Crippen LogP) is 21.9. The topological polar surface area (TPSA) is 51.2 Å². The number of fused-ring (bicyclic) bond motifs is 14. The van der Waals surface area contributed by atoms with Crippen molar-refractivity contribution in [2.75, 3.05) is 6.66 Å². The van der Waals surface area contributed by atoms with Gasteiger partial charge in [-0.25, -0.2) is 8.42 Å². The van der Waals surface area contributed by atoms with Crippen LogP contribution in [-0.4, -0.2) is 21.8 Å². The third kappa shape index (κ3) is 14.5. The van der Waals surface area contributed by atoms with E-state index >= 15 is 0 Å². The molecule has 14 aromatic carbocycles. The van der Waals surface area contributed by atoms with Gasteiger partial charge in [-0.05, 0) is 183 Å². The molecule has 7 aliphatic rings. The monoisotopic (exact) mass is 1430 g/mol. The van der Waals surface area contributed by atoms with Crippen LogP contribution in [0.25, 0.3) is 22.3 Å². The molecule has 3 nitrogen and oxygen atoms in total. The Kier molecular flexibility index (Phi) is 23.0. The van der Waals surface area contributed by atoms with Crippen LogP contribution in [0.15, 0.2) is 337 Å². The number of sulfone groups is 1. The Labute approximate surface area is 637 Å². The average molecular weight is 1430 g/mol. The average Bonchev–Trinajstić information content (AvgIpc) is 1.56. The molecular weight excluding hydrogens is 1330 g/mol. The van der Waals surface area contributed by atoms with Crippen molar-refractivity contribution in [3.05, 3.63) is 433 Å². The first-order valence-corrected chi connectivity index (χ1v) is 42.0. The van der Waals surface area contributed by atoms with Gasteiger partial charge < -0.3 is 4.57 Å². The molecule has 21 rings (SSSR count). The zero-order valence-corrected chi connectivity index (χ0v) is 65.3. The second kappa shape index (κ2) is 33.0. The van der Waals surface area contributed by atoms with Crippen LogP contribution in [0.5, 0.6) is 0 Å². The van der Waals surface area contributed by atoms with Crippen LogP contribution in [0.1, 0.15) is 147 Å². The molecule has 14 aromatic rings. The third-order valence-corrected chi connectivity index (χ3v) is 26.0. The first kappa shape index (κ1) is 74.6.